The number of nitrogens with zero attached hydrogens (tertiary/aromatic N) is 2. The molecule has 0 bridgehead atoms. The van der Waals surface area contributed by atoms with E-state index in [1.54, 1.807) is 14.2 Å². The predicted octanol–water partition coefficient (Wildman–Crippen LogP) is 1.31. The van der Waals surface area contributed by atoms with Gasteiger partial charge in [0, 0.05) is 51.8 Å². The van der Waals surface area contributed by atoms with E-state index in [-0.39, 0.29) is 22.6 Å². The fourth-order valence-corrected chi connectivity index (χ4v) is 5.74. The number of benzene rings is 1. The van der Waals surface area contributed by atoms with Gasteiger partial charge >= 0.3 is 0 Å². The van der Waals surface area contributed by atoms with E-state index in [1.165, 1.54) is 0 Å². The van der Waals surface area contributed by atoms with Crippen LogP contribution in [0, 0.1) is 10.8 Å². The summed E-state index contributed by atoms with van der Waals surface area (Å²) in [6.07, 6.45) is 3.08. The van der Waals surface area contributed by atoms with E-state index in [0.717, 1.165) is 69.8 Å². The number of fused-ring (bicyclic) bond motifs is 1. The molecule has 1 aromatic rings. The van der Waals surface area contributed by atoms with E-state index < -0.39 is 0 Å². The zero-order chi connectivity index (χ0) is 21.2. The number of piperidine rings is 1. The zero-order valence-electron chi connectivity index (χ0n) is 18.1. The molecule has 1 N–H and O–H groups in total. The second-order valence-corrected chi connectivity index (χ2v) is 8.98. The van der Waals surface area contributed by atoms with Crippen molar-refractivity contribution in [2.45, 2.75) is 25.7 Å². The molecule has 0 saturated carbocycles. The van der Waals surface area contributed by atoms with Crippen LogP contribution in [0.25, 0.3) is 0 Å². The van der Waals surface area contributed by atoms with Crippen molar-refractivity contribution < 1.29 is 19.1 Å². The lowest BCUT2D eigenvalue weighted by molar-refractivity contribution is -0.138. The highest BCUT2D eigenvalue weighted by molar-refractivity contribution is 5.86. The third-order valence-corrected chi connectivity index (χ3v) is 7.51. The normalized spacial score (nSPS) is 25.8. The first-order valence-electron chi connectivity index (χ1n) is 10.9. The third-order valence-electron chi connectivity index (χ3n) is 7.51. The van der Waals surface area contributed by atoms with E-state index in [1.807, 2.05) is 29.2 Å². The van der Waals surface area contributed by atoms with Gasteiger partial charge < -0.3 is 19.7 Å². The van der Waals surface area contributed by atoms with Gasteiger partial charge in [0.2, 0.25) is 11.8 Å². The van der Waals surface area contributed by atoms with Gasteiger partial charge in [0.15, 0.2) is 0 Å². The van der Waals surface area contributed by atoms with Crippen LogP contribution < -0.4 is 10.1 Å². The van der Waals surface area contributed by atoms with Gasteiger partial charge in [-0.25, -0.2) is 0 Å². The largest absolute Gasteiger partial charge is 0.497 e. The molecule has 2 amide bonds. The first-order chi connectivity index (χ1) is 14.5. The summed E-state index contributed by atoms with van der Waals surface area (Å²) in [4.78, 5) is 30.2. The van der Waals surface area contributed by atoms with Crippen molar-refractivity contribution in [1.29, 1.82) is 0 Å². The second kappa shape index (κ2) is 8.55. The van der Waals surface area contributed by atoms with Crippen molar-refractivity contribution >= 4 is 11.8 Å². The van der Waals surface area contributed by atoms with Gasteiger partial charge in [-0.1, -0.05) is 12.1 Å². The number of amides is 2. The van der Waals surface area contributed by atoms with Crippen LogP contribution in [-0.4, -0.2) is 81.7 Å². The van der Waals surface area contributed by atoms with Crippen LogP contribution in [0.4, 0.5) is 0 Å². The van der Waals surface area contributed by atoms with E-state index in [2.05, 4.69) is 10.2 Å². The van der Waals surface area contributed by atoms with Gasteiger partial charge in [-0.2, -0.15) is 0 Å². The fraction of sp³-hybridized carbons (Fsp3) is 0.652. The Kier molecular flexibility index (Phi) is 6.02. The molecule has 0 radical (unpaired) electrons. The smallest absolute Gasteiger partial charge is 0.228 e. The van der Waals surface area contributed by atoms with Crippen LogP contribution in [0.1, 0.15) is 24.8 Å². The van der Waals surface area contributed by atoms with Crippen molar-refractivity contribution in [3.05, 3.63) is 29.8 Å². The fourth-order valence-electron chi connectivity index (χ4n) is 5.74. The number of hydrogen-bond donors (Lipinski definition) is 1. The van der Waals surface area contributed by atoms with Crippen molar-refractivity contribution in [2.75, 3.05) is 60.1 Å². The van der Waals surface area contributed by atoms with Crippen LogP contribution in [0.2, 0.25) is 0 Å². The molecular formula is C23H33N3O4. The lowest BCUT2D eigenvalue weighted by Gasteiger charge is -2.46. The molecule has 1 aromatic carbocycles. The van der Waals surface area contributed by atoms with Gasteiger partial charge in [-0.05, 0) is 37.0 Å². The van der Waals surface area contributed by atoms with Crippen LogP contribution in [-0.2, 0) is 20.7 Å². The molecule has 1 atom stereocenters. The van der Waals surface area contributed by atoms with Crippen LogP contribution in [0.3, 0.4) is 0 Å². The standard InChI is InChI=1S/C23H33N3O4/c1-29-14-13-25-16-22(23(17-25)7-10-24-21(23)28)8-11-26(12-9-22)20(27)15-18-3-5-19(30-2)6-4-18/h3-6H,7-17H2,1-2H3,(H,24,28)/t23-/m0/s1. The molecule has 0 aromatic heterocycles. The molecule has 7 heteroatoms. The maximum absolute atomic E-state index is 12.9. The molecule has 3 aliphatic rings. The Morgan fingerprint density at radius 3 is 2.43 bits per heavy atom. The first-order valence-corrected chi connectivity index (χ1v) is 10.9. The van der Waals surface area contributed by atoms with E-state index in [0.29, 0.717) is 13.0 Å². The molecule has 4 rings (SSSR count). The number of methoxy groups -OCH3 is 2. The Labute approximate surface area is 178 Å². The quantitative estimate of drug-likeness (QED) is 0.759. The Hall–Kier alpha value is -2.12. The molecule has 0 aliphatic carbocycles. The first kappa shape index (κ1) is 21.1. The Morgan fingerprint density at radius 2 is 1.83 bits per heavy atom. The summed E-state index contributed by atoms with van der Waals surface area (Å²) in [7, 11) is 3.36. The molecule has 3 saturated heterocycles. The highest BCUT2D eigenvalue weighted by Crippen LogP contribution is 2.56. The van der Waals surface area contributed by atoms with Crippen LogP contribution in [0.15, 0.2) is 24.3 Å². The van der Waals surface area contributed by atoms with Crippen molar-refractivity contribution in [3.8, 4) is 5.75 Å². The monoisotopic (exact) mass is 415 g/mol. The minimum atomic E-state index is -0.314. The molecule has 7 nitrogen and oxygen atoms in total. The summed E-state index contributed by atoms with van der Waals surface area (Å²) in [5, 5.41) is 3.09. The van der Waals surface area contributed by atoms with Gasteiger partial charge in [-0.15, -0.1) is 0 Å². The van der Waals surface area contributed by atoms with Gasteiger partial charge in [-0.3, -0.25) is 14.5 Å². The average Bonchev–Trinajstić information content (AvgIpc) is 3.28. The summed E-state index contributed by atoms with van der Waals surface area (Å²) in [5.41, 5.74) is 0.642. The lowest BCUT2D eigenvalue weighted by atomic mass is 9.60. The summed E-state index contributed by atoms with van der Waals surface area (Å²) >= 11 is 0. The molecule has 30 heavy (non-hydrogen) atoms. The Morgan fingerprint density at radius 1 is 1.10 bits per heavy atom. The molecule has 3 aliphatic heterocycles. The van der Waals surface area contributed by atoms with Crippen LogP contribution in [0.5, 0.6) is 5.75 Å². The van der Waals surface area contributed by atoms with Gasteiger partial charge in [0.05, 0.1) is 25.6 Å². The number of likely N-dealkylation sites (tertiary alicyclic amines) is 2. The van der Waals surface area contributed by atoms with E-state index in [9.17, 15) is 9.59 Å². The number of rotatable bonds is 6. The summed E-state index contributed by atoms with van der Waals surface area (Å²) < 4.78 is 10.5. The van der Waals surface area contributed by atoms with E-state index in [4.69, 9.17) is 9.47 Å². The van der Waals surface area contributed by atoms with E-state index >= 15 is 0 Å². The molecule has 3 fully saturated rings. The van der Waals surface area contributed by atoms with Crippen LogP contribution >= 0.6 is 0 Å². The third kappa shape index (κ3) is 3.69. The second-order valence-electron chi connectivity index (χ2n) is 8.98. The van der Waals surface area contributed by atoms with Crippen molar-refractivity contribution in [2.24, 2.45) is 10.8 Å². The molecular weight excluding hydrogens is 382 g/mol. The summed E-state index contributed by atoms with van der Waals surface area (Å²) in [5.74, 6) is 1.17. The summed E-state index contributed by atoms with van der Waals surface area (Å²) in [6, 6.07) is 7.68. The predicted molar refractivity (Wildman–Crippen MR) is 113 cm³/mol. The maximum Gasteiger partial charge on any atom is 0.228 e. The number of nitrogens with one attached hydrogen (secondary N) is 1. The van der Waals surface area contributed by atoms with Gasteiger partial charge in [0.1, 0.15) is 5.75 Å². The number of carbonyl (C=O) groups excluding carboxylic acids is 2. The SMILES string of the molecule is COCCN1CC2(CCN(C(=O)Cc3ccc(OC)cc3)CC2)[C@@]2(CCNC2=O)C1. The topological polar surface area (TPSA) is 71.1 Å². The molecule has 3 heterocycles. The number of hydrogen-bond acceptors (Lipinski definition) is 5. The van der Waals surface area contributed by atoms with Gasteiger partial charge in [0.25, 0.3) is 0 Å². The maximum atomic E-state index is 12.9. The molecule has 164 valence electrons. The molecule has 2 spiro atoms. The van der Waals surface area contributed by atoms with Crippen molar-refractivity contribution in [1.82, 2.24) is 15.1 Å². The number of ether oxygens (including phenoxy) is 2. The highest BCUT2D eigenvalue weighted by Gasteiger charge is 2.63. The lowest BCUT2D eigenvalue weighted by Crippen LogP contribution is -2.53. The molecule has 0 unspecified atom stereocenters. The minimum Gasteiger partial charge on any atom is -0.497 e. The summed E-state index contributed by atoms with van der Waals surface area (Å²) in [6.45, 7) is 5.48. The highest BCUT2D eigenvalue weighted by atomic mass is 16.5. The van der Waals surface area contributed by atoms with Crippen molar-refractivity contribution in [3.63, 3.8) is 0 Å². The minimum absolute atomic E-state index is 0.0434. The number of carbonyl (C=O) groups is 2. The average molecular weight is 416 g/mol. The zero-order valence-corrected chi connectivity index (χ0v) is 18.1. The Bertz CT molecular complexity index is 773. The Balaban J connectivity index is 1.42.